The number of nitrogens with one attached hydrogen (secondary N) is 7. The summed E-state index contributed by atoms with van der Waals surface area (Å²) in [7, 11) is 1.24. The van der Waals surface area contributed by atoms with Crippen molar-refractivity contribution in [2.75, 3.05) is 33.3 Å². The number of aliphatic carboxylic acids is 2. The van der Waals surface area contributed by atoms with E-state index in [1.165, 1.54) is 7.11 Å². The third-order valence-electron chi connectivity index (χ3n) is 11.7. The number of carbonyl (C=O) groups excluding carboxylic acids is 2. The van der Waals surface area contributed by atoms with Gasteiger partial charge in [0, 0.05) is 39.0 Å². The molecule has 66 heavy (non-hydrogen) atoms. The number of carboxylic acids is 2. The summed E-state index contributed by atoms with van der Waals surface area (Å²) in [5.74, 6) is -4.47. The van der Waals surface area contributed by atoms with Crippen LogP contribution in [-0.4, -0.2) is 189 Å². The number of rotatable bonds is 26. The summed E-state index contributed by atoms with van der Waals surface area (Å²) in [6.45, 7) is 7.05. The number of carboxylic acid groups (broad SMARTS) is 2. The molecule has 27 heteroatoms. The minimum Gasteiger partial charge on any atom is -0.480 e. The zero-order valence-electron chi connectivity index (χ0n) is 37.4. The Bertz CT molecular complexity index is 1920. The second-order valence-electron chi connectivity index (χ2n) is 16.9. The molecule has 1 aromatic rings. The minimum absolute atomic E-state index is 0.0471. The Balaban J connectivity index is 1.47. The standard InChI is InChI=1S/C39H67N11O16/c1-6-17(4)22(34(57)58)48-38(61)49-23(18-8-12-44-37(41)46-18)32(56)45-19(14-16(2)3)31(55)43-11-7-10-42-24(35(59)60)28(66-36-30(63-5)25(52)20(15-40)64-36)29-26(53)27(54)33(65-29)50-13-9-21(51)47-39(50)62/h9,13,16-20,22-30,33,36,38,42,48-49,52-54,61H,6-8,10-12,14-15,40H2,1-5H3,(H,43,55)(H,45,56)(H,57,58)(H,59,60)(H3,41,44,46)(H,47,51,62). The molecular formula is C39H67N11O16. The van der Waals surface area contributed by atoms with Crippen LogP contribution in [0.5, 0.6) is 0 Å². The third kappa shape index (κ3) is 14.0. The van der Waals surface area contributed by atoms with Crippen molar-refractivity contribution in [1.82, 2.24) is 41.5 Å². The molecule has 2 fully saturated rings. The first-order valence-electron chi connectivity index (χ1n) is 21.8. The van der Waals surface area contributed by atoms with Crippen LogP contribution in [0.4, 0.5) is 0 Å². The van der Waals surface area contributed by atoms with Gasteiger partial charge in [0.25, 0.3) is 5.56 Å². The Morgan fingerprint density at radius 1 is 1.00 bits per heavy atom. The van der Waals surface area contributed by atoms with E-state index in [2.05, 4.69) is 36.9 Å². The minimum atomic E-state index is -1.88. The van der Waals surface area contributed by atoms with E-state index in [-0.39, 0.29) is 56.8 Å². The van der Waals surface area contributed by atoms with Crippen LogP contribution >= 0.6 is 0 Å². The van der Waals surface area contributed by atoms with Crippen LogP contribution in [0, 0.1) is 11.8 Å². The lowest BCUT2D eigenvalue weighted by atomic mass is 9.98. The summed E-state index contributed by atoms with van der Waals surface area (Å²) >= 11 is 0. The smallest absolute Gasteiger partial charge is 0.330 e. The molecule has 17 N–H and O–H groups in total. The normalized spacial score (nSPS) is 28.6. The number of hydrogen-bond donors (Lipinski definition) is 15. The zero-order chi connectivity index (χ0) is 49.0. The van der Waals surface area contributed by atoms with Crippen molar-refractivity contribution >= 4 is 29.7 Å². The van der Waals surface area contributed by atoms with Crippen LogP contribution in [0.25, 0.3) is 0 Å². The quantitative estimate of drug-likeness (QED) is 0.0303. The first-order valence-corrected chi connectivity index (χ1v) is 21.8. The number of aliphatic hydroxyl groups is 4. The molecule has 374 valence electrons. The monoisotopic (exact) mass is 945 g/mol. The molecule has 3 aliphatic heterocycles. The van der Waals surface area contributed by atoms with Gasteiger partial charge in [-0.05, 0) is 37.6 Å². The van der Waals surface area contributed by atoms with Gasteiger partial charge in [-0.15, -0.1) is 0 Å². The maximum Gasteiger partial charge on any atom is 0.330 e. The SMILES string of the molecule is CCC(C)C(NC(O)NC(C(=O)NC(CC(C)C)C(=O)NCCCNC(C(=O)O)C(OC1OC(CN)C(O)C1OC)C1OC(n2ccc(=O)[nH]c2=O)C(O)C1O)C1CCN=C(N)N1)C(=O)O. The van der Waals surface area contributed by atoms with Crippen LogP contribution in [-0.2, 0) is 38.1 Å². The van der Waals surface area contributed by atoms with Gasteiger partial charge in [-0.1, -0.05) is 34.1 Å². The molecule has 16 unspecified atom stereocenters. The number of guanidine groups is 1. The molecule has 1 aromatic heterocycles. The molecular weight excluding hydrogens is 878 g/mol. The topological polar surface area (TPSA) is 418 Å². The number of nitrogens with two attached hydrogens (primary N) is 2. The van der Waals surface area contributed by atoms with Crippen LogP contribution in [0.1, 0.15) is 59.6 Å². The Morgan fingerprint density at radius 2 is 1.70 bits per heavy atom. The molecule has 27 nitrogen and oxygen atoms in total. The average molecular weight is 946 g/mol. The highest BCUT2D eigenvalue weighted by Gasteiger charge is 2.54. The summed E-state index contributed by atoms with van der Waals surface area (Å²) in [6, 6.07) is -5.00. The van der Waals surface area contributed by atoms with Crippen molar-refractivity contribution in [1.29, 1.82) is 0 Å². The lowest BCUT2D eigenvalue weighted by molar-refractivity contribution is -0.231. The fourth-order valence-electron chi connectivity index (χ4n) is 7.92. The predicted octanol–water partition coefficient (Wildman–Crippen LogP) is -6.32. The number of carbonyl (C=O) groups is 4. The Labute approximate surface area is 379 Å². The van der Waals surface area contributed by atoms with E-state index in [4.69, 9.17) is 30.4 Å². The van der Waals surface area contributed by atoms with Gasteiger partial charge in [-0.25, -0.2) is 4.79 Å². The Morgan fingerprint density at radius 3 is 2.29 bits per heavy atom. The third-order valence-corrected chi connectivity index (χ3v) is 11.7. The molecule has 0 aromatic carbocycles. The van der Waals surface area contributed by atoms with E-state index in [9.17, 15) is 59.4 Å². The van der Waals surface area contributed by atoms with Crippen molar-refractivity contribution in [3.05, 3.63) is 33.1 Å². The van der Waals surface area contributed by atoms with Crippen molar-refractivity contribution in [2.24, 2.45) is 28.3 Å². The Hall–Kier alpha value is -4.65. The lowest BCUT2D eigenvalue weighted by Crippen LogP contribution is -2.66. The van der Waals surface area contributed by atoms with Crippen molar-refractivity contribution < 1.29 is 68.8 Å². The summed E-state index contributed by atoms with van der Waals surface area (Å²) in [5, 5.41) is 80.6. The number of nitrogens with zero attached hydrogens (tertiary/aromatic N) is 2. The molecule has 16 atom stereocenters. The van der Waals surface area contributed by atoms with E-state index in [1.54, 1.807) is 13.8 Å². The van der Waals surface area contributed by atoms with Crippen LogP contribution in [0.15, 0.2) is 26.8 Å². The van der Waals surface area contributed by atoms with Crippen LogP contribution in [0.3, 0.4) is 0 Å². The van der Waals surface area contributed by atoms with Gasteiger partial charge >= 0.3 is 17.6 Å². The van der Waals surface area contributed by atoms with Gasteiger partial charge in [0.1, 0.15) is 66.9 Å². The first-order chi connectivity index (χ1) is 31.2. The van der Waals surface area contributed by atoms with Gasteiger partial charge in [-0.3, -0.25) is 49.1 Å². The number of hydrogen-bond acceptors (Lipinski definition) is 21. The van der Waals surface area contributed by atoms with E-state index < -0.39 is 127 Å². The lowest BCUT2D eigenvalue weighted by Gasteiger charge is -2.34. The van der Waals surface area contributed by atoms with E-state index in [0.29, 0.717) is 12.8 Å². The number of ether oxygens (including phenoxy) is 4. The van der Waals surface area contributed by atoms with E-state index in [1.807, 2.05) is 18.8 Å². The number of methoxy groups -OCH3 is 1. The number of aromatic nitrogens is 2. The fraction of sp³-hybridized carbons (Fsp3) is 0.769. The molecule has 4 heterocycles. The molecule has 2 saturated heterocycles. The maximum absolute atomic E-state index is 14.0. The molecule has 4 rings (SSSR count). The predicted molar refractivity (Wildman–Crippen MR) is 230 cm³/mol. The second kappa shape index (κ2) is 24.9. The highest BCUT2D eigenvalue weighted by atomic mass is 16.7. The van der Waals surface area contributed by atoms with Gasteiger partial charge in [0.05, 0.1) is 6.04 Å². The highest BCUT2D eigenvalue weighted by Crippen LogP contribution is 2.35. The first kappa shape index (κ1) is 54.0. The number of amides is 2. The molecule has 0 radical (unpaired) electrons. The van der Waals surface area contributed by atoms with Gasteiger partial charge in [-0.2, -0.15) is 0 Å². The molecule has 0 spiro atoms. The second-order valence-corrected chi connectivity index (χ2v) is 16.9. The summed E-state index contributed by atoms with van der Waals surface area (Å²) in [6.07, 6.45) is -13.3. The molecule has 0 bridgehead atoms. The number of aromatic amines is 1. The molecule has 0 saturated carbocycles. The molecule has 2 amide bonds. The largest absolute Gasteiger partial charge is 0.480 e. The van der Waals surface area contributed by atoms with Crippen molar-refractivity contribution in [3.8, 4) is 0 Å². The summed E-state index contributed by atoms with van der Waals surface area (Å²) in [4.78, 5) is 82.9. The van der Waals surface area contributed by atoms with E-state index in [0.717, 1.165) is 16.8 Å². The van der Waals surface area contributed by atoms with Crippen LogP contribution in [0.2, 0.25) is 0 Å². The van der Waals surface area contributed by atoms with Gasteiger partial charge < -0.3 is 82.3 Å². The van der Waals surface area contributed by atoms with Crippen LogP contribution < -0.4 is 54.6 Å². The number of H-pyrrole nitrogens is 1. The van der Waals surface area contributed by atoms with Crippen molar-refractivity contribution in [3.63, 3.8) is 0 Å². The summed E-state index contributed by atoms with van der Waals surface area (Å²) in [5.41, 5.74) is 9.90. The summed E-state index contributed by atoms with van der Waals surface area (Å²) < 4.78 is 23.9. The average Bonchev–Trinajstić information content (AvgIpc) is 3.73. The number of aliphatic hydroxyl groups excluding tert-OH is 4. The van der Waals surface area contributed by atoms with E-state index >= 15 is 0 Å². The zero-order valence-corrected chi connectivity index (χ0v) is 37.4. The van der Waals surface area contributed by atoms with Crippen molar-refractivity contribution in [2.45, 2.75) is 145 Å². The molecule has 0 aliphatic carbocycles. The number of aliphatic imine (C=N–C) groups is 1. The Kier molecular flexibility index (Phi) is 20.4. The molecule has 3 aliphatic rings. The highest BCUT2D eigenvalue weighted by molar-refractivity contribution is 5.91. The van der Waals surface area contributed by atoms with Gasteiger partial charge in [0.15, 0.2) is 24.8 Å². The van der Waals surface area contributed by atoms with Gasteiger partial charge in [0.2, 0.25) is 11.8 Å². The fourth-order valence-corrected chi connectivity index (χ4v) is 7.92. The maximum atomic E-state index is 14.0.